The van der Waals surface area contributed by atoms with Crippen molar-refractivity contribution < 1.29 is 18.6 Å². The number of ether oxygens (including phenoxy) is 3. The fraction of sp³-hybridized carbons (Fsp3) is 0.542. The normalized spacial score (nSPS) is 15.8. The van der Waals surface area contributed by atoms with E-state index in [1.165, 1.54) is 5.56 Å². The zero-order valence-electron chi connectivity index (χ0n) is 19.1. The molecule has 1 aliphatic heterocycles. The number of aliphatic imine (C=N–C) groups is 1. The molecule has 0 spiro atoms. The van der Waals surface area contributed by atoms with Gasteiger partial charge in [-0.05, 0) is 62.4 Å². The molecule has 0 bridgehead atoms. The summed E-state index contributed by atoms with van der Waals surface area (Å²) in [6, 6.07) is 10.0. The van der Waals surface area contributed by atoms with Gasteiger partial charge >= 0.3 is 0 Å². The lowest BCUT2D eigenvalue weighted by molar-refractivity contribution is 0.117. The van der Waals surface area contributed by atoms with Gasteiger partial charge in [-0.3, -0.25) is 4.99 Å². The number of hydrogen-bond acceptors (Lipinski definition) is 5. The van der Waals surface area contributed by atoms with Gasteiger partial charge in [-0.2, -0.15) is 0 Å². The Kier molecular flexibility index (Phi) is 12.3. The molecule has 1 aliphatic rings. The first-order chi connectivity index (χ1) is 15.3. The first-order valence-electron chi connectivity index (χ1n) is 11.2. The van der Waals surface area contributed by atoms with Crippen molar-refractivity contribution in [3.8, 4) is 11.5 Å². The number of halogens is 1. The molecule has 1 unspecified atom stereocenters. The maximum absolute atomic E-state index is 5.70. The highest BCUT2D eigenvalue weighted by atomic mass is 127. The van der Waals surface area contributed by atoms with Crippen LogP contribution in [0.25, 0.3) is 0 Å². The molecule has 1 saturated heterocycles. The molecule has 32 heavy (non-hydrogen) atoms. The summed E-state index contributed by atoms with van der Waals surface area (Å²) in [4.78, 5) is 4.73. The molecule has 2 N–H and O–H groups in total. The number of methoxy groups -OCH3 is 1. The van der Waals surface area contributed by atoms with Crippen molar-refractivity contribution in [2.45, 2.75) is 45.1 Å². The van der Waals surface area contributed by atoms with E-state index < -0.39 is 0 Å². The summed E-state index contributed by atoms with van der Waals surface area (Å²) < 4.78 is 22.2. The van der Waals surface area contributed by atoms with Crippen LogP contribution in [-0.2, 0) is 17.6 Å². The Labute approximate surface area is 208 Å². The van der Waals surface area contributed by atoms with Crippen LogP contribution in [0.3, 0.4) is 0 Å². The molecule has 1 atom stereocenters. The second kappa shape index (κ2) is 15.0. The Morgan fingerprint density at radius 2 is 2.03 bits per heavy atom. The molecule has 0 aliphatic carbocycles. The van der Waals surface area contributed by atoms with Gasteiger partial charge in [0.15, 0.2) is 17.5 Å². The van der Waals surface area contributed by atoms with E-state index in [1.54, 1.807) is 13.4 Å². The number of hydrogen-bond donors (Lipinski definition) is 2. The van der Waals surface area contributed by atoms with E-state index in [1.807, 2.05) is 25.1 Å². The number of aryl methyl sites for hydroxylation is 1. The lowest BCUT2D eigenvalue weighted by Crippen LogP contribution is -2.39. The summed E-state index contributed by atoms with van der Waals surface area (Å²) in [5, 5.41) is 6.86. The van der Waals surface area contributed by atoms with Gasteiger partial charge in [0.1, 0.15) is 5.76 Å². The third-order valence-corrected chi connectivity index (χ3v) is 5.18. The Morgan fingerprint density at radius 1 is 1.16 bits per heavy atom. The number of rotatable bonds is 12. The van der Waals surface area contributed by atoms with E-state index in [4.69, 9.17) is 23.6 Å². The molecule has 2 heterocycles. The van der Waals surface area contributed by atoms with Crippen molar-refractivity contribution in [1.29, 1.82) is 0 Å². The number of furan rings is 1. The molecule has 3 rings (SSSR count). The quantitative estimate of drug-likeness (QED) is 0.177. The monoisotopic (exact) mass is 557 g/mol. The summed E-state index contributed by atoms with van der Waals surface area (Å²) in [6.07, 6.45) is 6.90. The first kappa shape index (κ1) is 26.3. The van der Waals surface area contributed by atoms with Crippen LogP contribution in [0.2, 0.25) is 0 Å². The SMILES string of the molecule is CCOc1cc(CCCNC(=NCC2CCCO2)NCCc2ccco2)ccc1OC.I. The molecule has 1 aromatic carbocycles. The minimum atomic E-state index is 0. The zero-order valence-corrected chi connectivity index (χ0v) is 21.4. The predicted octanol–water partition coefficient (Wildman–Crippen LogP) is 4.19. The largest absolute Gasteiger partial charge is 0.493 e. The van der Waals surface area contributed by atoms with Crippen molar-refractivity contribution in [2.24, 2.45) is 4.99 Å². The van der Waals surface area contributed by atoms with Gasteiger partial charge in [0.25, 0.3) is 0 Å². The van der Waals surface area contributed by atoms with Gasteiger partial charge in [0, 0.05) is 26.1 Å². The highest BCUT2D eigenvalue weighted by Gasteiger charge is 2.15. The van der Waals surface area contributed by atoms with E-state index in [2.05, 4.69) is 22.8 Å². The van der Waals surface area contributed by atoms with Gasteiger partial charge in [0.2, 0.25) is 0 Å². The molecular formula is C24H36IN3O4. The molecule has 0 saturated carbocycles. The maximum Gasteiger partial charge on any atom is 0.191 e. The summed E-state index contributed by atoms with van der Waals surface area (Å²) >= 11 is 0. The fourth-order valence-electron chi connectivity index (χ4n) is 3.56. The summed E-state index contributed by atoms with van der Waals surface area (Å²) in [7, 11) is 1.66. The molecular weight excluding hydrogens is 521 g/mol. The van der Waals surface area contributed by atoms with Gasteiger partial charge in [-0.15, -0.1) is 24.0 Å². The van der Waals surface area contributed by atoms with Crippen LogP contribution >= 0.6 is 24.0 Å². The Balaban J connectivity index is 0.00000363. The van der Waals surface area contributed by atoms with E-state index in [0.717, 1.165) is 75.0 Å². The summed E-state index contributed by atoms with van der Waals surface area (Å²) in [6.45, 7) is 5.73. The van der Waals surface area contributed by atoms with E-state index >= 15 is 0 Å². The lowest BCUT2D eigenvalue weighted by Gasteiger charge is -2.14. The van der Waals surface area contributed by atoms with Gasteiger partial charge in [-0.25, -0.2) is 0 Å². The highest BCUT2D eigenvalue weighted by Crippen LogP contribution is 2.28. The molecule has 2 aromatic rings. The maximum atomic E-state index is 5.70. The second-order valence-corrected chi connectivity index (χ2v) is 7.53. The molecule has 0 amide bonds. The summed E-state index contributed by atoms with van der Waals surface area (Å²) in [5.41, 5.74) is 1.23. The van der Waals surface area contributed by atoms with Crippen LogP contribution in [0.15, 0.2) is 46.0 Å². The number of benzene rings is 1. The molecule has 178 valence electrons. The summed E-state index contributed by atoms with van der Waals surface area (Å²) in [5.74, 6) is 3.37. The average molecular weight is 557 g/mol. The standard InChI is InChI=1S/C24H35N3O4.HI/c1-3-29-23-17-19(10-11-22(23)28-2)7-4-13-25-24(27-18-21-9-6-16-31-21)26-14-12-20-8-5-15-30-20;/h5,8,10-11,15,17,21H,3-4,6-7,9,12-14,16,18H2,1-2H3,(H2,25,26,27);1H. The van der Waals surface area contributed by atoms with Crippen molar-refractivity contribution in [2.75, 3.05) is 40.0 Å². The van der Waals surface area contributed by atoms with Crippen LogP contribution in [0, 0.1) is 0 Å². The van der Waals surface area contributed by atoms with E-state index in [9.17, 15) is 0 Å². The smallest absolute Gasteiger partial charge is 0.191 e. The fourth-order valence-corrected chi connectivity index (χ4v) is 3.56. The Hall–Kier alpha value is -1.94. The van der Waals surface area contributed by atoms with Crippen molar-refractivity contribution in [3.63, 3.8) is 0 Å². The Bertz CT molecular complexity index is 793. The van der Waals surface area contributed by atoms with E-state index in [0.29, 0.717) is 13.2 Å². The molecule has 1 fully saturated rings. The molecule has 7 nitrogen and oxygen atoms in total. The van der Waals surface area contributed by atoms with Gasteiger partial charge in [-0.1, -0.05) is 6.07 Å². The Morgan fingerprint density at radius 3 is 2.75 bits per heavy atom. The van der Waals surface area contributed by atoms with Crippen molar-refractivity contribution >= 4 is 29.9 Å². The molecule has 0 radical (unpaired) electrons. The van der Waals surface area contributed by atoms with Gasteiger partial charge in [0.05, 0.1) is 32.6 Å². The van der Waals surface area contributed by atoms with Crippen LogP contribution in [0.1, 0.15) is 37.5 Å². The highest BCUT2D eigenvalue weighted by molar-refractivity contribution is 14.0. The lowest BCUT2D eigenvalue weighted by atomic mass is 10.1. The van der Waals surface area contributed by atoms with Crippen molar-refractivity contribution in [3.05, 3.63) is 47.9 Å². The van der Waals surface area contributed by atoms with Crippen molar-refractivity contribution in [1.82, 2.24) is 10.6 Å². The predicted molar refractivity (Wildman–Crippen MR) is 138 cm³/mol. The minimum Gasteiger partial charge on any atom is -0.493 e. The third-order valence-electron chi connectivity index (χ3n) is 5.18. The zero-order chi connectivity index (χ0) is 21.7. The third kappa shape index (κ3) is 8.90. The van der Waals surface area contributed by atoms with Crippen LogP contribution in [0.5, 0.6) is 11.5 Å². The van der Waals surface area contributed by atoms with Gasteiger partial charge < -0.3 is 29.3 Å². The number of nitrogens with one attached hydrogen (secondary N) is 2. The molecule has 8 heteroatoms. The topological polar surface area (TPSA) is 77.2 Å². The van der Waals surface area contributed by atoms with Crippen LogP contribution in [-0.4, -0.2) is 52.0 Å². The number of guanidine groups is 1. The van der Waals surface area contributed by atoms with Crippen LogP contribution in [0.4, 0.5) is 0 Å². The first-order valence-corrected chi connectivity index (χ1v) is 11.2. The van der Waals surface area contributed by atoms with E-state index in [-0.39, 0.29) is 30.1 Å². The average Bonchev–Trinajstić information content (AvgIpc) is 3.49. The van der Waals surface area contributed by atoms with Crippen LogP contribution < -0.4 is 20.1 Å². The minimum absolute atomic E-state index is 0. The number of nitrogens with zero attached hydrogens (tertiary/aromatic N) is 1. The molecule has 1 aromatic heterocycles. The second-order valence-electron chi connectivity index (χ2n) is 7.53.